The highest BCUT2D eigenvalue weighted by Crippen LogP contribution is 2.15. The van der Waals surface area contributed by atoms with Crippen LogP contribution >= 0.6 is 0 Å². The Bertz CT molecular complexity index is 671. The third-order valence-corrected chi connectivity index (χ3v) is 3.43. The SMILES string of the molecule is CNc1ccccc1C(=O)OCC(=O)N[C@@H](C)c1ccccc1. The lowest BCUT2D eigenvalue weighted by molar-refractivity contribution is -0.124. The molecule has 1 amide bonds. The van der Waals surface area contributed by atoms with Crippen molar-refractivity contribution in [3.8, 4) is 0 Å². The number of hydrogen-bond acceptors (Lipinski definition) is 4. The van der Waals surface area contributed by atoms with Gasteiger partial charge in [-0.1, -0.05) is 42.5 Å². The molecule has 0 saturated carbocycles. The van der Waals surface area contributed by atoms with E-state index in [4.69, 9.17) is 4.74 Å². The van der Waals surface area contributed by atoms with E-state index in [0.717, 1.165) is 5.56 Å². The standard InChI is InChI=1S/C18H20N2O3/c1-13(14-8-4-3-5-9-14)20-17(21)12-23-18(22)15-10-6-7-11-16(15)19-2/h3-11,13,19H,12H2,1-2H3,(H,20,21)/t13-/m0/s1. The molecule has 0 bridgehead atoms. The molecule has 2 rings (SSSR count). The Morgan fingerprint density at radius 1 is 1.04 bits per heavy atom. The van der Waals surface area contributed by atoms with Crippen LogP contribution in [-0.4, -0.2) is 25.5 Å². The molecule has 23 heavy (non-hydrogen) atoms. The quantitative estimate of drug-likeness (QED) is 0.805. The number of para-hydroxylation sites is 1. The van der Waals surface area contributed by atoms with E-state index in [1.54, 1.807) is 25.2 Å². The van der Waals surface area contributed by atoms with Gasteiger partial charge in [0.1, 0.15) is 0 Å². The lowest BCUT2D eigenvalue weighted by atomic mass is 10.1. The summed E-state index contributed by atoms with van der Waals surface area (Å²) in [6, 6.07) is 16.4. The van der Waals surface area contributed by atoms with Gasteiger partial charge < -0.3 is 15.4 Å². The summed E-state index contributed by atoms with van der Waals surface area (Å²) in [5, 5.41) is 5.72. The predicted octanol–water partition coefficient (Wildman–Crippen LogP) is 2.76. The van der Waals surface area contributed by atoms with Gasteiger partial charge in [0.15, 0.2) is 6.61 Å². The zero-order valence-corrected chi connectivity index (χ0v) is 13.2. The molecule has 0 fully saturated rings. The summed E-state index contributed by atoms with van der Waals surface area (Å²) in [7, 11) is 1.72. The molecular formula is C18H20N2O3. The molecule has 120 valence electrons. The van der Waals surface area contributed by atoms with Crippen molar-refractivity contribution in [2.75, 3.05) is 19.0 Å². The Balaban J connectivity index is 1.88. The molecule has 5 nitrogen and oxygen atoms in total. The van der Waals surface area contributed by atoms with E-state index >= 15 is 0 Å². The van der Waals surface area contributed by atoms with Crippen molar-refractivity contribution >= 4 is 17.6 Å². The van der Waals surface area contributed by atoms with Crippen LogP contribution < -0.4 is 10.6 Å². The summed E-state index contributed by atoms with van der Waals surface area (Å²) in [6.07, 6.45) is 0. The van der Waals surface area contributed by atoms with Crippen molar-refractivity contribution in [3.63, 3.8) is 0 Å². The molecule has 1 atom stereocenters. The molecule has 5 heteroatoms. The van der Waals surface area contributed by atoms with Crippen LogP contribution in [0.15, 0.2) is 54.6 Å². The number of anilines is 1. The lowest BCUT2D eigenvalue weighted by Crippen LogP contribution is -2.31. The second kappa shape index (κ2) is 7.98. The molecule has 2 N–H and O–H groups in total. The summed E-state index contributed by atoms with van der Waals surface area (Å²) in [5.41, 5.74) is 2.06. The summed E-state index contributed by atoms with van der Waals surface area (Å²) < 4.78 is 5.08. The summed E-state index contributed by atoms with van der Waals surface area (Å²) in [4.78, 5) is 24.0. The first-order chi connectivity index (χ1) is 11.1. The maximum atomic E-state index is 12.0. The number of nitrogens with one attached hydrogen (secondary N) is 2. The number of hydrogen-bond donors (Lipinski definition) is 2. The maximum absolute atomic E-state index is 12.0. The van der Waals surface area contributed by atoms with Crippen LogP contribution in [0.2, 0.25) is 0 Å². The van der Waals surface area contributed by atoms with Crippen LogP contribution in [0.1, 0.15) is 28.9 Å². The molecular weight excluding hydrogens is 292 g/mol. The van der Waals surface area contributed by atoms with Crippen LogP contribution in [0.25, 0.3) is 0 Å². The zero-order chi connectivity index (χ0) is 16.7. The van der Waals surface area contributed by atoms with Crippen LogP contribution in [0.5, 0.6) is 0 Å². The van der Waals surface area contributed by atoms with Crippen LogP contribution in [0.4, 0.5) is 5.69 Å². The fourth-order valence-corrected chi connectivity index (χ4v) is 2.20. The Morgan fingerprint density at radius 3 is 2.39 bits per heavy atom. The van der Waals surface area contributed by atoms with Gasteiger partial charge in [-0.3, -0.25) is 4.79 Å². The zero-order valence-electron chi connectivity index (χ0n) is 13.2. The van der Waals surface area contributed by atoms with Crippen molar-refractivity contribution in [2.24, 2.45) is 0 Å². The first kappa shape index (κ1) is 16.5. The van der Waals surface area contributed by atoms with E-state index in [9.17, 15) is 9.59 Å². The second-order valence-corrected chi connectivity index (χ2v) is 5.07. The van der Waals surface area contributed by atoms with Crippen molar-refractivity contribution < 1.29 is 14.3 Å². The molecule has 0 saturated heterocycles. The molecule has 0 heterocycles. The number of carbonyl (C=O) groups is 2. The molecule has 0 aliphatic rings. The predicted molar refractivity (Wildman–Crippen MR) is 89.3 cm³/mol. The van der Waals surface area contributed by atoms with E-state index in [0.29, 0.717) is 11.3 Å². The van der Waals surface area contributed by atoms with Gasteiger partial charge in [-0.25, -0.2) is 4.79 Å². The Morgan fingerprint density at radius 2 is 1.70 bits per heavy atom. The smallest absolute Gasteiger partial charge is 0.340 e. The fraction of sp³-hybridized carbons (Fsp3) is 0.222. The van der Waals surface area contributed by atoms with Gasteiger partial charge in [-0.2, -0.15) is 0 Å². The van der Waals surface area contributed by atoms with Gasteiger partial charge in [0.05, 0.1) is 11.6 Å². The average Bonchev–Trinajstić information content (AvgIpc) is 2.60. The molecule has 2 aromatic carbocycles. The molecule has 0 spiro atoms. The highest BCUT2D eigenvalue weighted by molar-refractivity contribution is 5.96. The van der Waals surface area contributed by atoms with Gasteiger partial charge >= 0.3 is 5.97 Å². The Kier molecular flexibility index (Phi) is 5.74. The minimum absolute atomic E-state index is 0.146. The van der Waals surface area contributed by atoms with Crippen molar-refractivity contribution in [1.82, 2.24) is 5.32 Å². The Hall–Kier alpha value is -2.82. The van der Waals surface area contributed by atoms with Gasteiger partial charge in [0.25, 0.3) is 5.91 Å². The van der Waals surface area contributed by atoms with Crippen molar-refractivity contribution in [1.29, 1.82) is 0 Å². The summed E-state index contributed by atoms with van der Waals surface area (Å²) in [6.45, 7) is 1.57. The molecule has 0 aromatic heterocycles. The fourth-order valence-electron chi connectivity index (χ4n) is 2.20. The topological polar surface area (TPSA) is 67.4 Å². The van der Waals surface area contributed by atoms with E-state index in [1.807, 2.05) is 43.3 Å². The number of rotatable bonds is 6. The number of carbonyl (C=O) groups excluding carboxylic acids is 2. The third-order valence-electron chi connectivity index (χ3n) is 3.43. The highest BCUT2D eigenvalue weighted by atomic mass is 16.5. The average molecular weight is 312 g/mol. The van der Waals surface area contributed by atoms with E-state index in [2.05, 4.69) is 10.6 Å². The minimum Gasteiger partial charge on any atom is -0.452 e. The first-order valence-electron chi connectivity index (χ1n) is 7.40. The lowest BCUT2D eigenvalue weighted by Gasteiger charge is -2.14. The molecule has 0 aliphatic heterocycles. The highest BCUT2D eigenvalue weighted by Gasteiger charge is 2.15. The minimum atomic E-state index is -0.530. The number of ether oxygens (including phenoxy) is 1. The maximum Gasteiger partial charge on any atom is 0.340 e. The van der Waals surface area contributed by atoms with Crippen molar-refractivity contribution in [2.45, 2.75) is 13.0 Å². The van der Waals surface area contributed by atoms with Crippen LogP contribution in [0.3, 0.4) is 0 Å². The Labute approximate surface area is 135 Å². The molecule has 2 aromatic rings. The van der Waals surface area contributed by atoms with E-state index in [-0.39, 0.29) is 18.6 Å². The van der Waals surface area contributed by atoms with Crippen molar-refractivity contribution in [3.05, 3.63) is 65.7 Å². The first-order valence-corrected chi connectivity index (χ1v) is 7.40. The number of esters is 1. The summed E-state index contributed by atoms with van der Waals surface area (Å²) in [5.74, 6) is -0.867. The monoisotopic (exact) mass is 312 g/mol. The summed E-state index contributed by atoms with van der Waals surface area (Å²) >= 11 is 0. The van der Waals surface area contributed by atoms with Gasteiger partial charge in [-0.05, 0) is 24.6 Å². The number of amides is 1. The van der Waals surface area contributed by atoms with Gasteiger partial charge in [-0.15, -0.1) is 0 Å². The van der Waals surface area contributed by atoms with Gasteiger partial charge in [0, 0.05) is 12.7 Å². The van der Waals surface area contributed by atoms with E-state index < -0.39 is 5.97 Å². The third kappa shape index (κ3) is 4.57. The molecule has 0 unspecified atom stereocenters. The van der Waals surface area contributed by atoms with Crippen LogP contribution in [-0.2, 0) is 9.53 Å². The molecule has 0 aliphatic carbocycles. The normalized spacial score (nSPS) is 11.4. The largest absolute Gasteiger partial charge is 0.452 e. The van der Waals surface area contributed by atoms with E-state index in [1.165, 1.54) is 0 Å². The van der Waals surface area contributed by atoms with Gasteiger partial charge in [0.2, 0.25) is 0 Å². The van der Waals surface area contributed by atoms with Crippen LogP contribution in [0, 0.1) is 0 Å². The number of benzene rings is 2. The molecule has 0 radical (unpaired) electrons. The second-order valence-electron chi connectivity index (χ2n) is 5.07.